The van der Waals surface area contributed by atoms with Crippen LogP contribution in [0.1, 0.15) is 23.3 Å². The summed E-state index contributed by atoms with van der Waals surface area (Å²) in [4.78, 5) is 16.0. The highest BCUT2D eigenvalue weighted by atomic mass is 35.5. The van der Waals surface area contributed by atoms with Crippen molar-refractivity contribution in [1.29, 1.82) is 0 Å². The van der Waals surface area contributed by atoms with Crippen molar-refractivity contribution >= 4 is 28.8 Å². The monoisotopic (exact) mass is 364 g/mol. The van der Waals surface area contributed by atoms with Crippen molar-refractivity contribution in [3.05, 3.63) is 51.2 Å². The summed E-state index contributed by atoms with van der Waals surface area (Å²) in [5.41, 5.74) is 0.807. The Morgan fingerprint density at radius 1 is 1.42 bits per heavy atom. The number of hydrogen-bond donors (Lipinski definition) is 2. The number of carbonyl (C=O) groups is 1. The molecule has 1 aromatic carbocycles. The normalized spacial score (nSPS) is 18.5. The number of carbonyl (C=O) groups excluding carboxylic acids is 1. The molecule has 0 spiro atoms. The van der Waals surface area contributed by atoms with Crippen molar-refractivity contribution in [1.82, 2.24) is 10.2 Å². The lowest BCUT2D eigenvalue weighted by molar-refractivity contribution is -0.121. The lowest BCUT2D eigenvalue weighted by Crippen LogP contribution is -2.47. The minimum absolute atomic E-state index is 0.000250. The van der Waals surface area contributed by atoms with Crippen LogP contribution in [-0.4, -0.2) is 35.0 Å². The van der Waals surface area contributed by atoms with Crippen LogP contribution in [0.4, 0.5) is 0 Å². The average Bonchev–Trinajstić information content (AvgIpc) is 3.04. The second kappa shape index (κ2) is 8.01. The molecule has 24 heavy (non-hydrogen) atoms. The molecule has 0 unspecified atom stereocenters. The van der Waals surface area contributed by atoms with Crippen molar-refractivity contribution in [2.24, 2.45) is 0 Å². The van der Waals surface area contributed by atoms with Gasteiger partial charge in [0.1, 0.15) is 5.75 Å². The highest BCUT2D eigenvalue weighted by Gasteiger charge is 2.21. The molecule has 0 saturated carbocycles. The molecule has 4 nitrogen and oxygen atoms in total. The molecule has 2 N–H and O–H groups in total. The first-order chi connectivity index (χ1) is 11.6. The number of nitrogens with zero attached hydrogens (tertiary/aromatic N) is 1. The minimum atomic E-state index is -0.000250. The van der Waals surface area contributed by atoms with E-state index in [1.807, 2.05) is 0 Å². The zero-order valence-electron chi connectivity index (χ0n) is 13.4. The third-order valence-corrected chi connectivity index (χ3v) is 5.37. The van der Waals surface area contributed by atoms with E-state index in [0.717, 1.165) is 38.0 Å². The van der Waals surface area contributed by atoms with E-state index in [2.05, 4.69) is 27.7 Å². The van der Waals surface area contributed by atoms with E-state index >= 15 is 0 Å². The van der Waals surface area contributed by atoms with Crippen molar-refractivity contribution in [2.45, 2.75) is 31.8 Å². The second-order valence-electron chi connectivity index (χ2n) is 6.18. The Hall–Kier alpha value is -1.56. The Bertz CT molecular complexity index is 690. The van der Waals surface area contributed by atoms with Crippen molar-refractivity contribution in [2.75, 3.05) is 13.1 Å². The fourth-order valence-corrected chi connectivity index (χ4v) is 4.01. The number of aromatic hydroxyl groups is 1. The highest BCUT2D eigenvalue weighted by Crippen LogP contribution is 2.24. The van der Waals surface area contributed by atoms with E-state index in [1.54, 1.807) is 23.5 Å². The molecule has 1 aromatic heterocycles. The molecule has 0 bridgehead atoms. The Kier molecular flexibility index (Phi) is 5.76. The van der Waals surface area contributed by atoms with Gasteiger partial charge in [-0.3, -0.25) is 9.69 Å². The summed E-state index contributed by atoms with van der Waals surface area (Å²) in [7, 11) is 0. The Balaban J connectivity index is 1.51. The number of thiophene rings is 1. The standard InChI is InChI=1S/C18H21ClN2O2S/c19-16-9-13(5-6-17(16)22)10-18(23)20-14-3-1-7-21(11-14)12-15-4-2-8-24-15/h2,4-6,8-9,14,22H,1,3,7,10-12H2,(H,20,23)/t14-/m1/s1. The van der Waals surface area contributed by atoms with Gasteiger partial charge in [0.25, 0.3) is 0 Å². The Morgan fingerprint density at radius 2 is 2.29 bits per heavy atom. The first kappa shape index (κ1) is 17.3. The number of halogens is 1. The molecule has 0 aliphatic carbocycles. The SMILES string of the molecule is O=C(Cc1ccc(O)c(Cl)c1)N[C@@H]1CCCN(Cc2cccs2)C1. The number of nitrogens with one attached hydrogen (secondary N) is 1. The molecule has 3 rings (SSSR count). The van der Waals surface area contributed by atoms with Gasteiger partial charge in [-0.15, -0.1) is 11.3 Å². The average molecular weight is 365 g/mol. The number of phenolic OH excluding ortho intramolecular Hbond substituents is 1. The largest absolute Gasteiger partial charge is 0.506 e. The van der Waals surface area contributed by atoms with Gasteiger partial charge in [0.15, 0.2) is 0 Å². The zero-order valence-corrected chi connectivity index (χ0v) is 14.9. The maximum Gasteiger partial charge on any atom is 0.224 e. The van der Waals surface area contributed by atoms with Gasteiger partial charge in [-0.05, 0) is 48.5 Å². The predicted molar refractivity (Wildman–Crippen MR) is 97.6 cm³/mol. The third-order valence-electron chi connectivity index (χ3n) is 4.21. The van der Waals surface area contributed by atoms with Crippen LogP contribution in [0.2, 0.25) is 5.02 Å². The van der Waals surface area contributed by atoms with Crippen LogP contribution in [0.15, 0.2) is 35.7 Å². The summed E-state index contributed by atoms with van der Waals surface area (Å²) in [6.45, 7) is 2.93. The van der Waals surface area contributed by atoms with E-state index in [0.29, 0.717) is 0 Å². The number of piperidine rings is 1. The molecular weight excluding hydrogens is 344 g/mol. The second-order valence-corrected chi connectivity index (χ2v) is 7.62. The summed E-state index contributed by atoms with van der Waals surface area (Å²) in [5.74, 6) is 0.0389. The van der Waals surface area contributed by atoms with E-state index in [4.69, 9.17) is 11.6 Å². The van der Waals surface area contributed by atoms with Crippen LogP contribution in [0.3, 0.4) is 0 Å². The topological polar surface area (TPSA) is 52.6 Å². The Morgan fingerprint density at radius 3 is 3.04 bits per heavy atom. The van der Waals surface area contributed by atoms with Crippen LogP contribution in [0, 0.1) is 0 Å². The molecule has 128 valence electrons. The van der Waals surface area contributed by atoms with Gasteiger partial charge in [0.2, 0.25) is 5.91 Å². The third kappa shape index (κ3) is 4.72. The fourth-order valence-electron chi connectivity index (χ4n) is 3.06. The highest BCUT2D eigenvalue weighted by molar-refractivity contribution is 7.09. The van der Waals surface area contributed by atoms with E-state index in [1.165, 1.54) is 10.9 Å². The predicted octanol–water partition coefficient (Wildman–Crippen LogP) is 3.43. The molecule has 0 radical (unpaired) electrons. The molecule has 2 aromatic rings. The molecule has 1 saturated heterocycles. The maximum absolute atomic E-state index is 12.3. The Labute approximate surface area is 151 Å². The number of benzene rings is 1. The van der Waals surface area contributed by atoms with Gasteiger partial charge in [-0.1, -0.05) is 23.7 Å². The lowest BCUT2D eigenvalue weighted by atomic mass is 10.0. The molecule has 1 amide bonds. The zero-order chi connectivity index (χ0) is 16.9. The summed E-state index contributed by atoms with van der Waals surface area (Å²) >= 11 is 7.66. The van der Waals surface area contributed by atoms with Gasteiger partial charge >= 0.3 is 0 Å². The van der Waals surface area contributed by atoms with Gasteiger partial charge < -0.3 is 10.4 Å². The molecule has 6 heteroatoms. The van der Waals surface area contributed by atoms with Crippen molar-refractivity contribution in [3.8, 4) is 5.75 Å². The number of hydrogen-bond acceptors (Lipinski definition) is 4. The fraction of sp³-hybridized carbons (Fsp3) is 0.389. The van der Waals surface area contributed by atoms with Crippen molar-refractivity contribution < 1.29 is 9.90 Å². The molecule has 2 heterocycles. The number of phenols is 1. The maximum atomic E-state index is 12.3. The smallest absolute Gasteiger partial charge is 0.224 e. The quantitative estimate of drug-likeness (QED) is 0.854. The van der Waals surface area contributed by atoms with E-state index in [9.17, 15) is 9.90 Å². The van der Waals surface area contributed by atoms with Gasteiger partial charge in [-0.25, -0.2) is 0 Å². The first-order valence-electron chi connectivity index (χ1n) is 8.11. The van der Waals surface area contributed by atoms with Crippen LogP contribution >= 0.6 is 22.9 Å². The summed E-state index contributed by atoms with van der Waals surface area (Å²) in [5, 5.41) is 14.9. The summed E-state index contributed by atoms with van der Waals surface area (Å²) in [6, 6.07) is 9.31. The van der Waals surface area contributed by atoms with Crippen LogP contribution in [-0.2, 0) is 17.8 Å². The van der Waals surface area contributed by atoms with Gasteiger partial charge in [-0.2, -0.15) is 0 Å². The number of amides is 1. The number of likely N-dealkylation sites (tertiary alicyclic amines) is 1. The number of rotatable bonds is 5. The van der Waals surface area contributed by atoms with Crippen LogP contribution < -0.4 is 5.32 Å². The molecule has 1 aliphatic heterocycles. The van der Waals surface area contributed by atoms with Crippen LogP contribution in [0.5, 0.6) is 5.75 Å². The van der Waals surface area contributed by atoms with Crippen LogP contribution in [0.25, 0.3) is 0 Å². The van der Waals surface area contributed by atoms with E-state index < -0.39 is 0 Å². The molecule has 1 aliphatic rings. The minimum Gasteiger partial charge on any atom is -0.506 e. The summed E-state index contributed by atoms with van der Waals surface area (Å²) < 4.78 is 0. The van der Waals surface area contributed by atoms with Gasteiger partial charge in [0, 0.05) is 24.0 Å². The lowest BCUT2D eigenvalue weighted by Gasteiger charge is -2.32. The molecule has 1 atom stereocenters. The van der Waals surface area contributed by atoms with Crippen molar-refractivity contribution in [3.63, 3.8) is 0 Å². The molecular formula is C18H21ClN2O2S. The van der Waals surface area contributed by atoms with Gasteiger partial charge in [0.05, 0.1) is 11.4 Å². The molecule has 1 fully saturated rings. The van der Waals surface area contributed by atoms with E-state index in [-0.39, 0.29) is 29.1 Å². The first-order valence-corrected chi connectivity index (χ1v) is 9.37. The summed E-state index contributed by atoms with van der Waals surface area (Å²) in [6.07, 6.45) is 2.39.